The Hall–Kier alpha value is -1.58. The van der Waals surface area contributed by atoms with Gasteiger partial charge in [-0.15, -0.1) is 0 Å². The van der Waals surface area contributed by atoms with Gasteiger partial charge >= 0.3 is 5.97 Å². The minimum atomic E-state index is -0.797. The normalized spacial score (nSPS) is 12.5. The molecule has 94 valence electrons. The molecule has 0 spiro atoms. The highest BCUT2D eigenvalue weighted by molar-refractivity contribution is 5.71. The zero-order chi connectivity index (χ0) is 13.0. The summed E-state index contributed by atoms with van der Waals surface area (Å²) in [6.45, 7) is 4.19. The van der Waals surface area contributed by atoms with Crippen LogP contribution in [-0.2, 0) is 4.79 Å². The van der Waals surface area contributed by atoms with Crippen LogP contribution in [0, 0.1) is 17.7 Å². The van der Waals surface area contributed by atoms with E-state index in [-0.39, 0.29) is 11.7 Å². The van der Waals surface area contributed by atoms with Crippen molar-refractivity contribution in [3.05, 3.63) is 30.1 Å². The van der Waals surface area contributed by atoms with Crippen molar-refractivity contribution in [1.82, 2.24) is 0 Å². The molecule has 1 rings (SSSR count). The molecule has 0 amide bonds. The van der Waals surface area contributed by atoms with Crippen LogP contribution in [0.2, 0.25) is 0 Å². The second-order valence-electron chi connectivity index (χ2n) is 4.55. The van der Waals surface area contributed by atoms with Crippen molar-refractivity contribution in [3.8, 4) is 0 Å². The van der Waals surface area contributed by atoms with E-state index in [1.807, 2.05) is 25.8 Å². The first-order chi connectivity index (χ1) is 7.91. The number of halogens is 1. The number of hydrogen-bond acceptors (Lipinski definition) is 2. The van der Waals surface area contributed by atoms with Gasteiger partial charge in [0, 0.05) is 19.3 Å². The predicted molar refractivity (Wildman–Crippen MR) is 65.6 cm³/mol. The molecular formula is C13H18FNO2. The number of hydrogen-bond donors (Lipinski definition) is 1. The van der Waals surface area contributed by atoms with Crippen molar-refractivity contribution >= 4 is 11.7 Å². The molecule has 1 N–H and O–H groups in total. The van der Waals surface area contributed by atoms with Crippen LogP contribution < -0.4 is 4.90 Å². The van der Waals surface area contributed by atoms with Crippen molar-refractivity contribution < 1.29 is 14.3 Å². The first-order valence-electron chi connectivity index (χ1n) is 5.61. The van der Waals surface area contributed by atoms with Crippen molar-refractivity contribution in [1.29, 1.82) is 0 Å². The quantitative estimate of drug-likeness (QED) is 0.858. The maximum absolute atomic E-state index is 12.8. The predicted octanol–water partition coefficient (Wildman–Crippen LogP) is 2.62. The van der Waals surface area contributed by atoms with E-state index in [1.165, 1.54) is 12.1 Å². The van der Waals surface area contributed by atoms with E-state index >= 15 is 0 Å². The van der Waals surface area contributed by atoms with Crippen molar-refractivity contribution in [2.24, 2.45) is 11.8 Å². The van der Waals surface area contributed by atoms with E-state index in [0.29, 0.717) is 6.54 Å². The van der Waals surface area contributed by atoms with Gasteiger partial charge in [0.25, 0.3) is 0 Å². The molecule has 1 unspecified atom stereocenters. The summed E-state index contributed by atoms with van der Waals surface area (Å²) in [6, 6.07) is 6.04. The molecule has 0 fully saturated rings. The van der Waals surface area contributed by atoms with Crippen molar-refractivity contribution in [3.63, 3.8) is 0 Å². The number of carbonyl (C=O) groups is 1. The average molecular weight is 239 g/mol. The van der Waals surface area contributed by atoms with Gasteiger partial charge < -0.3 is 10.0 Å². The van der Waals surface area contributed by atoms with Crippen molar-refractivity contribution in [2.45, 2.75) is 13.8 Å². The Morgan fingerprint density at radius 1 is 1.35 bits per heavy atom. The summed E-state index contributed by atoms with van der Waals surface area (Å²) in [5, 5.41) is 9.10. The molecule has 1 atom stereocenters. The van der Waals surface area contributed by atoms with E-state index in [2.05, 4.69) is 0 Å². The fourth-order valence-corrected chi connectivity index (χ4v) is 1.67. The zero-order valence-corrected chi connectivity index (χ0v) is 10.4. The smallest absolute Gasteiger partial charge is 0.308 e. The molecule has 0 aliphatic rings. The van der Waals surface area contributed by atoms with E-state index in [9.17, 15) is 9.18 Å². The lowest BCUT2D eigenvalue weighted by Gasteiger charge is -2.25. The summed E-state index contributed by atoms with van der Waals surface area (Å²) in [5.74, 6) is -1.45. The molecule has 0 aliphatic carbocycles. The first kappa shape index (κ1) is 13.5. The van der Waals surface area contributed by atoms with Crippen LogP contribution in [0.4, 0.5) is 10.1 Å². The molecule has 0 radical (unpaired) electrons. The average Bonchev–Trinajstić information content (AvgIpc) is 2.25. The molecular weight excluding hydrogens is 221 g/mol. The topological polar surface area (TPSA) is 40.5 Å². The molecule has 0 saturated heterocycles. The number of rotatable bonds is 5. The summed E-state index contributed by atoms with van der Waals surface area (Å²) < 4.78 is 12.8. The maximum atomic E-state index is 12.8. The Kier molecular flexibility index (Phi) is 4.49. The van der Waals surface area contributed by atoms with Gasteiger partial charge in [0.15, 0.2) is 0 Å². The zero-order valence-electron chi connectivity index (χ0n) is 10.4. The standard InChI is InChI=1S/C13H18FNO2/c1-9(2)12(13(16)17)8-15(3)11-6-4-10(14)5-7-11/h4-7,9,12H,8H2,1-3H3,(H,16,17). The molecule has 17 heavy (non-hydrogen) atoms. The summed E-state index contributed by atoms with van der Waals surface area (Å²) in [5.41, 5.74) is 0.818. The summed E-state index contributed by atoms with van der Waals surface area (Å²) >= 11 is 0. The highest BCUT2D eigenvalue weighted by atomic mass is 19.1. The highest BCUT2D eigenvalue weighted by Crippen LogP contribution is 2.18. The number of carboxylic acids is 1. The third kappa shape index (κ3) is 3.73. The fraction of sp³-hybridized carbons (Fsp3) is 0.462. The molecule has 0 heterocycles. The van der Waals surface area contributed by atoms with Gasteiger partial charge in [-0.1, -0.05) is 13.8 Å². The van der Waals surface area contributed by atoms with Gasteiger partial charge in [-0.2, -0.15) is 0 Å². The molecule has 0 saturated carbocycles. The lowest BCUT2D eigenvalue weighted by molar-refractivity contribution is -0.142. The van der Waals surface area contributed by atoms with E-state index < -0.39 is 11.9 Å². The van der Waals surface area contributed by atoms with Gasteiger partial charge in [-0.05, 0) is 30.2 Å². The second kappa shape index (κ2) is 5.66. The molecule has 0 bridgehead atoms. The Morgan fingerprint density at radius 3 is 2.29 bits per heavy atom. The number of carboxylic acid groups (broad SMARTS) is 1. The van der Waals surface area contributed by atoms with Crippen LogP contribution >= 0.6 is 0 Å². The van der Waals surface area contributed by atoms with Crippen LogP contribution in [0.5, 0.6) is 0 Å². The molecule has 4 heteroatoms. The number of anilines is 1. The number of nitrogens with zero attached hydrogens (tertiary/aromatic N) is 1. The molecule has 3 nitrogen and oxygen atoms in total. The Bertz CT molecular complexity index is 376. The molecule has 1 aromatic carbocycles. The third-order valence-corrected chi connectivity index (χ3v) is 2.86. The minimum Gasteiger partial charge on any atom is -0.481 e. The summed E-state index contributed by atoms with van der Waals surface area (Å²) in [7, 11) is 1.81. The second-order valence-corrected chi connectivity index (χ2v) is 4.55. The van der Waals surface area contributed by atoms with Gasteiger partial charge in [-0.3, -0.25) is 4.79 Å². The van der Waals surface area contributed by atoms with Crippen LogP contribution in [0.15, 0.2) is 24.3 Å². The van der Waals surface area contributed by atoms with Crippen LogP contribution in [0.3, 0.4) is 0 Å². The summed E-state index contributed by atoms with van der Waals surface area (Å²) in [4.78, 5) is 12.9. The fourth-order valence-electron chi connectivity index (χ4n) is 1.67. The van der Waals surface area contributed by atoms with Gasteiger partial charge in [0.05, 0.1) is 5.92 Å². The number of aliphatic carboxylic acids is 1. The van der Waals surface area contributed by atoms with Crippen LogP contribution in [0.25, 0.3) is 0 Å². The number of benzene rings is 1. The van der Waals surface area contributed by atoms with Gasteiger partial charge in [0.1, 0.15) is 5.82 Å². The van der Waals surface area contributed by atoms with Crippen molar-refractivity contribution in [2.75, 3.05) is 18.5 Å². The van der Waals surface area contributed by atoms with Gasteiger partial charge in [0.2, 0.25) is 0 Å². The lowest BCUT2D eigenvalue weighted by Crippen LogP contribution is -2.33. The van der Waals surface area contributed by atoms with E-state index in [1.54, 1.807) is 12.1 Å². The van der Waals surface area contributed by atoms with Crippen LogP contribution in [0.1, 0.15) is 13.8 Å². The Balaban J connectivity index is 2.73. The monoisotopic (exact) mass is 239 g/mol. The Labute approximate surface area is 101 Å². The lowest BCUT2D eigenvalue weighted by atomic mass is 9.95. The SMILES string of the molecule is CC(C)C(CN(C)c1ccc(F)cc1)C(=O)O. The minimum absolute atomic E-state index is 0.0652. The Morgan fingerprint density at radius 2 is 1.88 bits per heavy atom. The largest absolute Gasteiger partial charge is 0.481 e. The third-order valence-electron chi connectivity index (χ3n) is 2.86. The summed E-state index contributed by atoms with van der Waals surface area (Å²) in [6.07, 6.45) is 0. The molecule has 0 aromatic heterocycles. The molecule has 0 aliphatic heterocycles. The molecule has 1 aromatic rings. The van der Waals surface area contributed by atoms with E-state index in [4.69, 9.17) is 5.11 Å². The van der Waals surface area contributed by atoms with Gasteiger partial charge in [-0.25, -0.2) is 4.39 Å². The first-order valence-corrected chi connectivity index (χ1v) is 5.61. The highest BCUT2D eigenvalue weighted by Gasteiger charge is 2.23. The van der Waals surface area contributed by atoms with E-state index in [0.717, 1.165) is 5.69 Å². The maximum Gasteiger partial charge on any atom is 0.308 e. The van der Waals surface area contributed by atoms with Crippen LogP contribution in [-0.4, -0.2) is 24.7 Å².